The molecule has 2 N–H and O–H groups in total. The molecule has 1 saturated heterocycles. The molecular weight excluding hydrogens is 529 g/mol. The maximum atomic E-state index is 14.9. The van der Waals surface area contributed by atoms with Gasteiger partial charge in [0.15, 0.2) is 6.29 Å². The van der Waals surface area contributed by atoms with Crippen molar-refractivity contribution in [2.45, 2.75) is 31.8 Å². The van der Waals surface area contributed by atoms with Crippen LogP contribution in [0.5, 0.6) is 0 Å². The predicted molar refractivity (Wildman–Crippen MR) is 149 cm³/mol. The molecule has 2 aromatic carbocycles. The van der Waals surface area contributed by atoms with Crippen LogP contribution in [0.2, 0.25) is 0 Å². The van der Waals surface area contributed by atoms with Gasteiger partial charge in [0.1, 0.15) is 5.82 Å². The van der Waals surface area contributed by atoms with Crippen LogP contribution in [0.15, 0.2) is 53.5 Å². The van der Waals surface area contributed by atoms with Gasteiger partial charge >= 0.3 is 0 Å². The number of rotatable bonds is 7. The van der Waals surface area contributed by atoms with Gasteiger partial charge in [-0.2, -0.15) is 5.10 Å². The van der Waals surface area contributed by atoms with Gasteiger partial charge in [-0.25, -0.2) is 19.5 Å². The number of aromatic nitrogens is 4. The third-order valence-electron chi connectivity index (χ3n) is 7.46. The van der Waals surface area contributed by atoms with Crippen molar-refractivity contribution < 1.29 is 18.7 Å². The molecule has 0 unspecified atom stereocenters. The number of H-pyrrole nitrogens is 1. The van der Waals surface area contributed by atoms with Gasteiger partial charge in [-0.3, -0.25) is 9.59 Å². The lowest BCUT2D eigenvalue weighted by Crippen LogP contribution is -2.45. The third-order valence-corrected chi connectivity index (χ3v) is 7.46. The zero-order chi connectivity index (χ0) is 28.5. The van der Waals surface area contributed by atoms with Gasteiger partial charge in [-0.1, -0.05) is 24.3 Å². The first-order valence-electron chi connectivity index (χ1n) is 13.4. The van der Waals surface area contributed by atoms with Crippen molar-refractivity contribution in [1.82, 2.24) is 30.0 Å². The molecule has 0 radical (unpaired) electrons. The molecule has 12 heteroatoms. The Balaban J connectivity index is 1.12. The van der Waals surface area contributed by atoms with E-state index in [9.17, 15) is 14.0 Å². The summed E-state index contributed by atoms with van der Waals surface area (Å²) in [6.07, 6.45) is 1.60. The molecule has 4 aromatic rings. The van der Waals surface area contributed by atoms with Crippen molar-refractivity contribution in [2.24, 2.45) is 0 Å². The predicted octanol–water partition coefficient (Wildman–Crippen LogP) is 2.31. The molecule has 0 atom stereocenters. The summed E-state index contributed by atoms with van der Waals surface area (Å²) in [7, 11) is 3.97. The van der Waals surface area contributed by atoms with Crippen molar-refractivity contribution in [1.29, 1.82) is 0 Å². The second-order valence-corrected chi connectivity index (χ2v) is 10.5. The van der Waals surface area contributed by atoms with Crippen LogP contribution in [0.1, 0.15) is 32.9 Å². The summed E-state index contributed by atoms with van der Waals surface area (Å²) in [5.41, 5.74) is 2.54. The number of halogens is 1. The highest BCUT2D eigenvalue weighted by Gasteiger charge is 2.29. The molecule has 0 saturated carbocycles. The molecule has 11 nitrogen and oxygen atoms in total. The summed E-state index contributed by atoms with van der Waals surface area (Å²) < 4.78 is 26.4. The van der Waals surface area contributed by atoms with Crippen LogP contribution in [-0.2, 0) is 29.0 Å². The summed E-state index contributed by atoms with van der Waals surface area (Å²) in [5.74, 6) is -0.629. The summed E-state index contributed by atoms with van der Waals surface area (Å²) >= 11 is 0. The number of nitrogens with zero attached hydrogens (tertiary/aromatic N) is 5. The molecule has 2 aliphatic rings. The SMILES string of the molecule is CN(C)[C@H]1CO[C@H](CNc2ncc3c(n2)CN(C(=O)c2cc(Cc4n[nH]c(=O)c5ccccc45)ccc2F)C3)OC1. The van der Waals surface area contributed by atoms with E-state index in [1.165, 1.54) is 6.07 Å². The Labute approximate surface area is 235 Å². The Morgan fingerprint density at radius 3 is 2.71 bits per heavy atom. The van der Waals surface area contributed by atoms with E-state index in [1.54, 1.807) is 35.4 Å². The molecule has 0 aliphatic carbocycles. The highest BCUT2D eigenvalue weighted by molar-refractivity contribution is 5.95. The first-order chi connectivity index (χ1) is 19.9. The van der Waals surface area contributed by atoms with Crippen LogP contribution < -0.4 is 10.9 Å². The quantitative estimate of drug-likeness (QED) is 0.351. The fraction of sp³-hybridized carbons (Fsp3) is 0.345. The number of carbonyl (C=O) groups excluding carboxylic acids is 1. The van der Waals surface area contributed by atoms with E-state index >= 15 is 0 Å². The van der Waals surface area contributed by atoms with Crippen molar-refractivity contribution >= 4 is 22.6 Å². The minimum atomic E-state index is -0.605. The lowest BCUT2D eigenvalue weighted by molar-refractivity contribution is -0.193. The molecule has 1 fully saturated rings. The molecule has 212 valence electrons. The molecule has 0 spiro atoms. The summed E-state index contributed by atoms with van der Waals surface area (Å²) in [6, 6.07) is 11.8. The topological polar surface area (TPSA) is 126 Å². The number of ether oxygens (including phenoxy) is 2. The van der Waals surface area contributed by atoms with Crippen molar-refractivity contribution in [3.05, 3.63) is 92.9 Å². The second kappa shape index (κ2) is 11.3. The lowest BCUT2D eigenvalue weighted by Gasteiger charge is -2.32. The number of benzene rings is 2. The lowest BCUT2D eigenvalue weighted by atomic mass is 10.0. The van der Waals surface area contributed by atoms with Gasteiger partial charge in [-0.15, -0.1) is 0 Å². The number of carbonyl (C=O) groups is 1. The van der Waals surface area contributed by atoms with Gasteiger partial charge in [0, 0.05) is 30.1 Å². The van der Waals surface area contributed by atoms with E-state index < -0.39 is 18.0 Å². The molecular formula is C29H30FN7O4. The third kappa shape index (κ3) is 5.67. The Hall–Kier alpha value is -4.26. The van der Waals surface area contributed by atoms with Gasteiger partial charge < -0.3 is 24.6 Å². The standard InChI is InChI=1S/C29H30FN7O4/c1-36(2)19-15-40-26(41-16-19)12-32-29-31-11-18-13-37(14-25(18)33-29)28(39)22-9-17(7-8-23(22)30)10-24-20-5-3-4-6-21(20)27(38)35-34-24/h3-9,11,19,26H,10,12-16H2,1-2H3,(H,35,38)(H,31,32,33)/t19-,26-. The number of amides is 1. The molecule has 0 bridgehead atoms. The fourth-order valence-electron chi connectivity index (χ4n) is 5.02. The van der Waals surface area contributed by atoms with Crippen molar-refractivity contribution in [2.75, 3.05) is 39.2 Å². The average Bonchev–Trinajstić information content (AvgIpc) is 3.42. The molecule has 1 amide bonds. The Morgan fingerprint density at radius 1 is 1.15 bits per heavy atom. The van der Waals surface area contributed by atoms with Crippen LogP contribution in [0, 0.1) is 5.82 Å². The van der Waals surface area contributed by atoms with Crippen molar-refractivity contribution in [3.63, 3.8) is 0 Å². The largest absolute Gasteiger partial charge is 0.349 e. The zero-order valence-electron chi connectivity index (χ0n) is 22.8. The summed E-state index contributed by atoms with van der Waals surface area (Å²) in [4.78, 5) is 38.1. The van der Waals surface area contributed by atoms with E-state index in [0.717, 1.165) is 5.56 Å². The number of nitrogens with one attached hydrogen (secondary N) is 2. The van der Waals surface area contributed by atoms with Gasteiger partial charge in [0.25, 0.3) is 11.5 Å². The van der Waals surface area contributed by atoms with Crippen LogP contribution in [0.25, 0.3) is 10.8 Å². The maximum absolute atomic E-state index is 14.9. The van der Waals surface area contributed by atoms with Crippen LogP contribution in [0.3, 0.4) is 0 Å². The van der Waals surface area contributed by atoms with Crippen LogP contribution in [-0.4, -0.2) is 82.1 Å². The molecule has 2 aliphatic heterocycles. The van der Waals surface area contributed by atoms with Gasteiger partial charge in [0.05, 0.1) is 54.7 Å². The van der Waals surface area contributed by atoms with E-state index in [0.29, 0.717) is 59.9 Å². The highest BCUT2D eigenvalue weighted by Crippen LogP contribution is 2.25. The summed E-state index contributed by atoms with van der Waals surface area (Å²) in [6.45, 7) is 2.07. The van der Waals surface area contributed by atoms with E-state index in [2.05, 4.69) is 30.4 Å². The highest BCUT2D eigenvalue weighted by atomic mass is 19.1. The van der Waals surface area contributed by atoms with Crippen LogP contribution in [0.4, 0.5) is 10.3 Å². The number of aromatic amines is 1. The van der Waals surface area contributed by atoms with E-state index in [-0.39, 0.29) is 30.3 Å². The first-order valence-corrected chi connectivity index (χ1v) is 13.4. The minimum Gasteiger partial charge on any atom is -0.349 e. The van der Waals surface area contributed by atoms with E-state index in [4.69, 9.17) is 9.47 Å². The molecule has 6 rings (SSSR count). The number of likely N-dealkylation sites (N-methyl/N-ethyl adjacent to an activating group) is 1. The number of hydrogen-bond acceptors (Lipinski definition) is 9. The zero-order valence-corrected chi connectivity index (χ0v) is 22.8. The Kier molecular flexibility index (Phi) is 7.43. The average molecular weight is 560 g/mol. The van der Waals surface area contributed by atoms with Crippen LogP contribution >= 0.6 is 0 Å². The monoisotopic (exact) mass is 559 g/mol. The first kappa shape index (κ1) is 26.9. The number of fused-ring (bicyclic) bond motifs is 2. The fourth-order valence-corrected chi connectivity index (χ4v) is 5.02. The number of hydrogen-bond donors (Lipinski definition) is 2. The van der Waals surface area contributed by atoms with E-state index in [1.807, 2.05) is 26.2 Å². The van der Waals surface area contributed by atoms with Gasteiger partial charge in [0.2, 0.25) is 5.95 Å². The van der Waals surface area contributed by atoms with Crippen molar-refractivity contribution in [3.8, 4) is 0 Å². The molecule has 4 heterocycles. The molecule has 2 aromatic heterocycles. The van der Waals surface area contributed by atoms with Gasteiger partial charge in [-0.05, 0) is 37.9 Å². The Morgan fingerprint density at radius 2 is 1.93 bits per heavy atom. The second-order valence-electron chi connectivity index (χ2n) is 10.5. The minimum absolute atomic E-state index is 0.0297. The number of anilines is 1. The smallest absolute Gasteiger partial charge is 0.272 e. The maximum Gasteiger partial charge on any atom is 0.272 e. The Bertz CT molecular complexity index is 1650. The summed E-state index contributed by atoms with van der Waals surface area (Å²) in [5, 5.41) is 11.1. The molecule has 41 heavy (non-hydrogen) atoms. The normalized spacial score (nSPS) is 18.6.